The topological polar surface area (TPSA) is 53.1 Å². The maximum atomic E-state index is 4.58. The Morgan fingerprint density at radius 2 is 1.75 bits per heavy atom. The fraction of sp³-hybridized carbons (Fsp3) is 0.733. The SMILES string of the molecule is CCCNc1cc(NCC(C)N(C)C)nc(CCC)n1. The van der Waals surface area contributed by atoms with Gasteiger partial charge in [0.15, 0.2) is 0 Å². The molecule has 0 aromatic carbocycles. The van der Waals surface area contributed by atoms with E-state index in [1.54, 1.807) is 0 Å². The first-order valence-electron chi connectivity index (χ1n) is 7.58. The van der Waals surface area contributed by atoms with Crippen molar-refractivity contribution in [2.45, 2.75) is 46.1 Å². The number of nitrogens with one attached hydrogen (secondary N) is 2. The Balaban J connectivity index is 2.74. The van der Waals surface area contributed by atoms with Crippen molar-refractivity contribution in [1.29, 1.82) is 0 Å². The minimum atomic E-state index is 0.464. The highest BCUT2D eigenvalue weighted by molar-refractivity contribution is 5.47. The molecule has 5 nitrogen and oxygen atoms in total. The molecule has 1 unspecified atom stereocenters. The van der Waals surface area contributed by atoms with Gasteiger partial charge >= 0.3 is 0 Å². The van der Waals surface area contributed by atoms with Crippen molar-refractivity contribution in [2.75, 3.05) is 37.8 Å². The number of rotatable bonds is 9. The lowest BCUT2D eigenvalue weighted by Crippen LogP contribution is -2.31. The zero-order valence-corrected chi connectivity index (χ0v) is 13.5. The molecule has 1 rings (SSSR count). The van der Waals surface area contributed by atoms with E-state index in [4.69, 9.17) is 0 Å². The first-order valence-corrected chi connectivity index (χ1v) is 7.58. The normalized spacial score (nSPS) is 12.5. The molecule has 0 bridgehead atoms. The first-order chi connectivity index (χ1) is 9.56. The fourth-order valence-electron chi connectivity index (χ4n) is 1.70. The Hall–Kier alpha value is -1.36. The van der Waals surface area contributed by atoms with Gasteiger partial charge in [-0.15, -0.1) is 0 Å². The number of anilines is 2. The van der Waals surface area contributed by atoms with Crippen LogP contribution in [0.3, 0.4) is 0 Å². The van der Waals surface area contributed by atoms with Crippen molar-refractivity contribution in [3.05, 3.63) is 11.9 Å². The summed E-state index contributed by atoms with van der Waals surface area (Å²) in [6.45, 7) is 8.31. The third-order valence-corrected chi connectivity index (χ3v) is 3.26. The number of nitrogens with zero attached hydrogens (tertiary/aromatic N) is 3. The minimum absolute atomic E-state index is 0.464. The van der Waals surface area contributed by atoms with Crippen molar-refractivity contribution < 1.29 is 0 Å². The van der Waals surface area contributed by atoms with Crippen LogP contribution in [-0.4, -0.2) is 48.1 Å². The van der Waals surface area contributed by atoms with Crippen LogP contribution < -0.4 is 10.6 Å². The summed E-state index contributed by atoms with van der Waals surface area (Å²) >= 11 is 0. The number of hydrogen-bond donors (Lipinski definition) is 2. The Morgan fingerprint density at radius 3 is 2.30 bits per heavy atom. The molecule has 1 heterocycles. The largest absolute Gasteiger partial charge is 0.370 e. The van der Waals surface area contributed by atoms with E-state index in [0.717, 1.165) is 49.8 Å². The van der Waals surface area contributed by atoms with Gasteiger partial charge in [0.25, 0.3) is 0 Å². The highest BCUT2D eigenvalue weighted by atomic mass is 15.1. The molecule has 20 heavy (non-hydrogen) atoms. The van der Waals surface area contributed by atoms with Gasteiger partial charge in [-0.2, -0.15) is 0 Å². The van der Waals surface area contributed by atoms with Gasteiger partial charge < -0.3 is 15.5 Å². The van der Waals surface area contributed by atoms with E-state index in [1.807, 2.05) is 6.07 Å². The van der Waals surface area contributed by atoms with Gasteiger partial charge in [0.05, 0.1) is 0 Å². The quantitative estimate of drug-likeness (QED) is 0.728. The third-order valence-electron chi connectivity index (χ3n) is 3.26. The molecule has 1 atom stereocenters. The average Bonchev–Trinajstić information content (AvgIpc) is 2.42. The molecule has 0 aliphatic carbocycles. The summed E-state index contributed by atoms with van der Waals surface area (Å²) in [6, 6.07) is 2.46. The monoisotopic (exact) mass is 279 g/mol. The van der Waals surface area contributed by atoms with Crippen LogP contribution in [0.1, 0.15) is 39.4 Å². The number of hydrogen-bond acceptors (Lipinski definition) is 5. The molecule has 0 fully saturated rings. The molecule has 2 N–H and O–H groups in total. The van der Waals surface area contributed by atoms with Gasteiger partial charge in [-0.1, -0.05) is 13.8 Å². The highest BCUT2D eigenvalue weighted by Gasteiger charge is 2.07. The van der Waals surface area contributed by atoms with E-state index in [0.29, 0.717) is 6.04 Å². The molecule has 0 aliphatic heterocycles. The smallest absolute Gasteiger partial charge is 0.133 e. The van der Waals surface area contributed by atoms with Gasteiger partial charge in [-0.25, -0.2) is 9.97 Å². The lowest BCUT2D eigenvalue weighted by molar-refractivity contribution is 0.326. The van der Waals surface area contributed by atoms with Crippen LogP contribution in [0.2, 0.25) is 0 Å². The summed E-state index contributed by atoms with van der Waals surface area (Å²) in [5.74, 6) is 2.75. The molecule has 0 saturated heterocycles. The second-order valence-corrected chi connectivity index (χ2v) is 5.42. The third kappa shape index (κ3) is 5.74. The van der Waals surface area contributed by atoms with Gasteiger partial charge in [0, 0.05) is 31.6 Å². The molecule has 114 valence electrons. The van der Waals surface area contributed by atoms with Gasteiger partial charge in [-0.3, -0.25) is 0 Å². The Morgan fingerprint density at radius 1 is 1.10 bits per heavy atom. The first kappa shape index (κ1) is 16.7. The molecular formula is C15H29N5. The maximum absolute atomic E-state index is 4.58. The predicted octanol–water partition coefficient (Wildman–Crippen LogP) is 2.61. The minimum Gasteiger partial charge on any atom is -0.370 e. The van der Waals surface area contributed by atoms with Crippen LogP contribution in [0.25, 0.3) is 0 Å². The standard InChI is InChI=1S/C15H29N5/c1-6-8-13-18-14(16-9-7-2)10-15(19-13)17-11-12(3)20(4)5/h10,12H,6-9,11H2,1-5H3,(H2,16,17,18,19). The Kier molecular flexibility index (Phi) is 7.30. The predicted molar refractivity (Wildman–Crippen MR) is 86.4 cm³/mol. The molecule has 0 radical (unpaired) electrons. The maximum Gasteiger partial charge on any atom is 0.133 e. The molecular weight excluding hydrogens is 250 g/mol. The van der Waals surface area contributed by atoms with Crippen LogP contribution in [0.5, 0.6) is 0 Å². The Bertz CT molecular complexity index is 392. The lowest BCUT2D eigenvalue weighted by atomic mass is 10.3. The summed E-state index contributed by atoms with van der Waals surface area (Å²) in [5, 5.41) is 6.75. The number of likely N-dealkylation sites (N-methyl/N-ethyl adjacent to an activating group) is 1. The van der Waals surface area contributed by atoms with E-state index < -0.39 is 0 Å². The van der Waals surface area contributed by atoms with E-state index >= 15 is 0 Å². The van der Waals surface area contributed by atoms with Crippen molar-refractivity contribution in [3.8, 4) is 0 Å². The summed E-state index contributed by atoms with van der Waals surface area (Å²) in [5.41, 5.74) is 0. The number of aromatic nitrogens is 2. The molecule has 0 spiro atoms. The van der Waals surface area contributed by atoms with E-state index in [-0.39, 0.29) is 0 Å². The lowest BCUT2D eigenvalue weighted by Gasteiger charge is -2.20. The molecule has 0 amide bonds. The van der Waals surface area contributed by atoms with Crippen LogP contribution in [0.4, 0.5) is 11.6 Å². The van der Waals surface area contributed by atoms with E-state index in [2.05, 4.69) is 60.4 Å². The highest BCUT2D eigenvalue weighted by Crippen LogP contribution is 2.13. The van der Waals surface area contributed by atoms with E-state index in [1.165, 1.54) is 0 Å². The fourth-order valence-corrected chi connectivity index (χ4v) is 1.70. The van der Waals surface area contributed by atoms with Gasteiger partial charge in [-0.05, 0) is 33.9 Å². The second-order valence-electron chi connectivity index (χ2n) is 5.42. The second kappa shape index (κ2) is 8.74. The van der Waals surface area contributed by atoms with Crippen LogP contribution in [0, 0.1) is 0 Å². The molecule has 5 heteroatoms. The van der Waals surface area contributed by atoms with Crippen molar-refractivity contribution in [3.63, 3.8) is 0 Å². The summed E-state index contributed by atoms with van der Waals surface area (Å²) in [6.07, 6.45) is 3.07. The molecule has 0 saturated carbocycles. The van der Waals surface area contributed by atoms with Crippen LogP contribution in [0.15, 0.2) is 6.07 Å². The molecule has 0 aliphatic rings. The zero-order chi connectivity index (χ0) is 15.0. The van der Waals surface area contributed by atoms with Gasteiger partial charge in [0.2, 0.25) is 0 Å². The summed E-state index contributed by atoms with van der Waals surface area (Å²) < 4.78 is 0. The molecule has 1 aromatic heterocycles. The molecule has 1 aromatic rings. The van der Waals surface area contributed by atoms with Crippen LogP contribution in [-0.2, 0) is 6.42 Å². The Labute approximate surface area is 123 Å². The summed E-state index contributed by atoms with van der Waals surface area (Å²) in [4.78, 5) is 11.3. The average molecular weight is 279 g/mol. The van der Waals surface area contributed by atoms with Crippen molar-refractivity contribution >= 4 is 11.6 Å². The van der Waals surface area contributed by atoms with Crippen molar-refractivity contribution in [1.82, 2.24) is 14.9 Å². The van der Waals surface area contributed by atoms with Crippen LogP contribution >= 0.6 is 0 Å². The van der Waals surface area contributed by atoms with Gasteiger partial charge in [0.1, 0.15) is 17.5 Å². The zero-order valence-electron chi connectivity index (χ0n) is 13.5. The van der Waals surface area contributed by atoms with E-state index in [9.17, 15) is 0 Å². The number of aryl methyl sites for hydroxylation is 1. The summed E-state index contributed by atoms with van der Waals surface area (Å²) in [7, 11) is 4.17. The van der Waals surface area contributed by atoms with Crippen molar-refractivity contribution in [2.24, 2.45) is 0 Å².